The highest BCUT2D eigenvalue weighted by molar-refractivity contribution is 6.33. The van der Waals surface area contributed by atoms with Crippen molar-refractivity contribution in [2.75, 3.05) is 12.8 Å². The summed E-state index contributed by atoms with van der Waals surface area (Å²) in [6.07, 6.45) is 1.69. The predicted molar refractivity (Wildman–Crippen MR) is 84.2 cm³/mol. The summed E-state index contributed by atoms with van der Waals surface area (Å²) in [4.78, 5) is 4.27. The molecule has 0 spiro atoms. The third-order valence-corrected chi connectivity index (χ3v) is 3.45. The third kappa shape index (κ3) is 2.71. The van der Waals surface area contributed by atoms with E-state index in [-0.39, 0.29) is 0 Å². The molecule has 0 saturated heterocycles. The van der Waals surface area contributed by atoms with Gasteiger partial charge >= 0.3 is 0 Å². The molecule has 1 aromatic heterocycles. The van der Waals surface area contributed by atoms with E-state index in [0.717, 1.165) is 16.5 Å². The van der Waals surface area contributed by atoms with Gasteiger partial charge < -0.3 is 15.2 Å². The van der Waals surface area contributed by atoms with Crippen LogP contribution in [0.3, 0.4) is 0 Å². The highest BCUT2D eigenvalue weighted by Gasteiger charge is 2.07. The van der Waals surface area contributed by atoms with Crippen LogP contribution in [0.15, 0.2) is 48.7 Å². The Morgan fingerprint density at radius 2 is 1.86 bits per heavy atom. The molecule has 21 heavy (non-hydrogen) atoms. The Morgan fingerprint density at radius 3 is 2.62 bits per heavy atom. The maximum absolute atomic E-state index is 6.00. The molecule has 0 aliphatic heterocycles. The monoisotopic (exact) mass is 300 g/mol. The SMILES string of the molecule is COc1ccc2c(Oc3ccc(N)c(Cl)c3)nccc2c1. The Morgan fingerprint density at radius 1 is 1.05 bits per heavy atom. The molecule has 0 saturated carbocycles. The van der Waals surface area contributed by atoms with E-state index in [1.54, 1.807) is 31.5 Å². The second-order valence-electron chi connectivity index (χ2n) is 4.49. The van der Waals surface area contributed by atoms with E-state index >= 15 is 0 Å². The molecule has 106 valence electrons. The van der Waals surface area contributed by atoms with E-state index in [2.05, 4.69) is 4.98 Å². The summed E-state index contributed by atoms with van der Waals surface area (Å²) < 4.78 is 11.0. The molecule has 2 N–H and O–H groups in total. The van der Waals surface area contributed by atoms with E-state index in [4.69, 9.17) is 26.8 Å². The van der Waals surface area contributed by atoms with E-state index < -0.39 is 0 Å². The number of pyridine rings is 1. The molecular weight excluding hydrogens is 288 g/mol. The predicted octanol–water partition coefficient (Wildman–Crippen LogP) is 4.27. The molecule has 0 aliphatic rings. The summed E-state index contributed by atoms with van der Waals surface area (Å²) in [6.45, 7) is 0. The van der Waals surface area contributed by atoms with Crippen LogP contribution >= 0.6 is 11.6 Å². The van der Waals surface area contributed by atoms with Crippen molar-refractivity contribution in [1.29, 1.82) is 0 Å². The van der Waals surface area contributed by atoms with E-state index in [1.165, 1.54) is 0 Å². The normalized spacial score (nSPS) is 10.6. The van der Waals surface area contributed by atoms with Gasteiger partial charge in [0.05, 0.1) is 17.8 Å². The number of ether oxygens (including phenoxy) is 2. The number of nitrogen functional groups attached to an aromatic ring is 1. The summed E-state index contributed by atoms with van der Waals surface area (Å²) in [7, 11) is 1.64. The first-order valence-corrected chi connectivity index (χ1v) is 6.71. The number of nitrogens with zero attached hydrogens (tertiary/aromatic N) is 1. The molecule has 0 unspecified atom stereocenters. The molecule has 0 aliphatic carbocycles. The van der Waals surface area contributed by atoms with Crippen molar-refractivity contribution in [1.82, 2.24) is 4.98 Å². The lowest BCUT2D eigenvalue weighted by Gasteiger charge is -2.09. The third-order valence-electron chi connectivity index (χ3n) is 3.12. The average Bonchev–Trinajstić information content (AvgIpc) is 2.50. The van der Waals surface area contributed by atoms with Crippen LogP contribution in [0.4, 0.5) is 5.69 Å². The second kappa shape index (κ2) is 5.50. The van der Waals surface area contributed by atoms with Gasteiger partial charge in [0.15, 0.2) is 0 Å². The van der Waals surface area contributed by atoms with Crippen molar-refractivity contribution in [3.8, 4) is 17.4 Å². The fraction of sp³-hybridized carbons (Fsp3) is 0.0625. The molecule has 5 heteroatoms. The molecule has 0 atom stereocenters. The first kappa shape index (κ1) is 13.5. The van der Waals surface area contributed by atoms with E-state index in [0.29, 0.717) is 22.3 Å². The number of anilines is 1. The van der Waals surface area contributed by atoms with Gasteiger partial charge in [-0.2, -0.15) is 0 Å². The zero-order valence-corrected chi connectivity index (χ0v) is 12.1. The molecule has 2 aromatic carbocycles. The molecule has 1 heterocycles. The summed E-state index contributed by atoms with van der Waals surface area (Å²) in [5, 5.41) is 2.33. The number of rotatable bonds is 3. The highest BCUT2D eigenvalue weighted by Crippen LogP contribution is 2.32. The van der Waals surface area contributed by atoms with Crippen molar-refractivity contribution in [2.24, 2.45) is 0 Å². The van der Waals surface area contributed by atoms with Crippen LogP contribution < -0.4 is 15.2 Å². The molecular formula is C16H13ClN2O2. The first-order chi connectivity index (χ1) is 10.2. The van der Waals surface area contributed by atoms with Gasteiger partial charge in [0, 0.05) is 17.6 Å². The molecule has 0 bridgehead atoms. The number of benzene rings is 2. The van der Waals surface area contributed by atoms with Gasteiger partial charge in [0.2, 0.25) is 5.88 Å². The number of aromatic nitrogens is 1. The van der Waals surface area contributed by atoms with Crippen LogP contribution in [0.25, 0.3) is 10.8 Å². The van der Waals surface area contributed by atoms with Crippen molar-refractivity contribution in [3.63, 3.8) is 0 Å². The largest absolute Gasteiger partial charge is 0.497 e. The van der Waals surface area contributed by atoms with Crippen LogP contribution in [0.5, 0.6) is 17.4 Å². The standard InChI is InChI=1S/C16H13ClN2O2/c1-20-11-2-4-13-10(8-11)6-7-19-16(13)21-12-3-5-15(18)14(17)9-12/h2-9H,18H2,1H3. The van der Waals surface area contributed by atoms with Crippen molar-refractivity contribution >= 4 is 28.1 Å². The minimum Gasteiger partial charge on any atom is -0.497 e. The lowest BCUT2D eigenvalue weighted by Crippen LogP contribution is -1.92. The van der Waals surface area contributed by atoms with Gasteiger partial charge in [-0.25, -0.2) is 4.98 Å². The van der Waals surface area contributed by atoms with Gasteiger partial charge in [0.1, 0.15) is 11.5 Å². The summed E-state index contributed by atoms with van der Waals surface area (Å²) >= 11 is 6.00. The molecule has 0 amide bonds. The zero-order chi connectivity index (χ0) is 14.8. The summed E-state index contributed by atoms with van der Waals surface area (Å²) in [6, 6.07) is 12.7. The molecule has 0 fully saturated rings. The smallest absolute Gasteiger partial charge is 0.227 e. The summed E-state index contributed by atoms with van der Waals surface area (Å²) in [5.74, 6) is 1.89. The average molecular weight is 301 g/mol. The van der Waals surface area contributed by atoms with Crippen LogP contribution in [-0.4, -0.2) is 12.1 Å². The second-order valence-corrected chi connectivity index (χ2v) is 4.90. The van der Waals surface area contributed by atoms with Gasteiger partial charge in [-0.15, -0.1) is 0 Å². The lowest BCUT2D eigenvalue weighted by atomic mass is 10.1. The Hall–Kier alpha value is -2.46. The fourth-order valence-electron chi connectivity index (χ4n) is 2.02. The van der Waals surface area contributed by atoms with Crippen LogP contribution in [-0.2, 0) is 0 Å². The van der Waals surface area contributed by atoms with Crippen molar-refractivity contribution in [3.05, 3.63) is 53.7 Å². The van der Waals surface area contributed by atoms with E-state index in [1.807, 2.05) is 24.3 Å². The number of hydrogen-bond donors (Lipinski definition) is 1. The Labute approximate surface area is 127 Å². The Bertz CT molecular complexity index is 805. The fourth-order valence-corrected chi connectivity index (χ4v) is 2.19. The molecule has 3 rings (SSSR count). The van der Waals surface area contributed by atoms with Crippen LogP contribution in [0.2, 0.25) is 5.02 Å². The Kier molecular flexibility index (Phi) is 3.54. The number of nitrogens with two attached hydrogens (primary N) is 1. The number of fused-ring (bicyclic) bond motifs is 1. The maximum atomic E-state index is 6.00. The van der Waals surface area contributed by atoms with Crippen molar-refractivity contribution < 1.29 is 9.47 Å². The first-order valence-electron chi connectivity index (χ1n) is 6.33. The molecule has 4 nitrogen and oxygen atoms in total. The quantitative estimate of drug-likeness (QED) is 0.734. The van der Waals surface area contributed by atoms with Crippen molar-refractivity contribution in [2.45, 2.75) is 0 Å². The minimum atomic E-state index is 0.453. The van der Waals surface area contributed by atoms with Crippen LogP contribution in [0.1, 0.15) is 0 Å². The Balaban J connectivity index is 2.02. The zero-order valence-electron chi connectivity index (χ0n) is 11.3. The number of hydrogen-bond acceptors (Lipinski definition) is 4. The molecule has 3 aromatic rings. The maximum Gasteiger partial charge on any atom is 0.227 e. The minimum absolute atomic E-state index is 0.453. The van der Waals surface area contributed by atoms with Gasteiger partial charge in [0.25, 0.3) is 0 Å². The van der Waals surface area contributed by atoms with Gasteiger partial charge in [-0.1, -0.05) is 11.6 Å². The van der Waals surface area contributed by atoms with Crippen LogP contribution in [0, 0.1) is 0 Å². The van der Waals surface area contributed by atoms with E-state index in [9.17, 15) is 0 Å². The summed E-state index contributed by atoms with van der Waals surface area (Å²) in [5.41, 5.74) is 6.20. The number of halogens is 1. The van der Waals surface area contributed by atoms with Gasteiger partial charge in [-0.3, -0.25) is 0 Å². The van der Waals surface area contributed by atoms with Gasteiger partial charge in [-0.05, 0) is 41.8 Å². The lowest BCUT2D eigenvalue weighted by molar-refractivity contribution is 0.415. The number of methoxy groups -OCH3 is 1. The molecule has 0 radical (unpaired) electrons. The highest BCUT2D eigenvalue weighted by atomic mass is 35.5. The topological polar surface area (TPSA) is 57.4 Å².